The normalized spacial score (nSPS) is 10.4. The van der Waals surface area contributed by atoms with Crippen molar-refractivity contribution >= 4 is 18.0 Å². The number of ether oxygens (including phenoxy) is 2. The molecule has 0 spiro atoms. The van der Waals surface area contributed by atoms with Gasteiger partial charge in [0.1, 0.15) is 11.4 Å². The summed E-state index contributed by atoms with van der Waals surface area (Å²) in [6, 6.07) is 7.43. The van der Waals surface area contributed by atoms with Crippen LogP contribution in [0, 0.1) is 0 Å². The Morgan fingerprint density at radius 3 is 2.05 bits per heavy atom. The van der Waals surface area contributed by atoms with Crippen molar-refractivity contribution in [3.8, 4) is 5.75 Å². The topological polar surface area (TPSA) is 72.8 Å². The summed E-state index contributed by atoms with van der Waals surface area (Å²) in [5.41, 5.74) is 0.470. The van der Waals surface area contributed by atoms with Crippen LogP contribution >= 0.6 is 0 Å². The predicted molar refractivity (Wildman–Crippen MR) is 85.7 cm³/mol. The Balaban J connectivity index is 0.000000763. The van der Waals surface area contributed by atoms with Gasteiger partial charge in [-0.1, -0.05) is 18.7 Å². The van der Waals surface area contributed by atoms with E-state index in [-0.39, 0.29) is 5.97 Å². The molecule has 1 rings (SSSR count). The summed E-state index contributed by atoms with van der Waals surface area (Å²) < 4.78 is 10.2. The first-order valence-corrected chi connectivity index (χ1v) is 6.58. The number of aliphatic carboxylic acids is 1. The lowest BCUT2D eigenvalue weighted by Gasteiger charge is -2.17. The molecule has 0 aromatic heterocycles. The number of methoxy groups -OCH3 is 1. The molecule has 0 unspecified atom stereocenters. The summed E-state index contributed by atoms with van der Waals surface area (Å²) in [4.78, 5) is 20.7. The van der Waals surface area contributed by atoms with Crippen LogP contribution in [-0.2, 0) is 14.3 Å². The summed E-state index contributed by atoms with van der Waals surface area (Å²) in [6.45, 7) is 8.48. The number of carbonyl (C=O) groups excluding carboxylic acids is 1. The molecule has 22 heavy (non-hydrogen) atoms. The van der Waals surface area contributed by atoms with Crippen molar-refractivity contribution in [2.75, 3.05) is 7.11 Å². The van der Waals surface area contributed by atoms with Gasteiger partial charge in [0.2, 0.25) is 0 Å². The maximum Gasteiger partial charge on any atom is 0.331 e. The molecule has 0 fully saturated rings. The first-order chi connectivity index (χ1) is 10.2. The van der Waals surface area contributed by atoms with E-state index in [9.17, 15) is 9.59 Å². The fraction of sp³-hybridized carbons (Fsp3) is 0.294. The fourth-order valence-electron chi connectivity index (χ4n) is 1.22. The van der Waals surface area contributed by atoms with Gasteiger partial charge in [0.05, 0.1) is 7.11 Å². The molecule has 0 aliphatic heterocycles. The predicted octanol–water partition coefficient (Wildman–Crippen LogP) is 3.31. The Morgan fingerprint density at radius 2 is 1.68 bits per heavy atom. The number of rotatable bonds is 4. The van der Waals surface area contributed by atoms with Gasteiger partial charge in [-0.15, -0.1) is 0 Å². The van der Waals surface area contributed by atoms with Crippen LogP contribution in [0.4, 0.5) is 0 Å². The molecule has 5 nitrogen and oxygen atoms in total. The van der Waals surface area contributed by atoms with Crippen molar-refractivity contribution in [2.45, 2.75) is 26.4 Å². The molecule has 120 valence electrons. The van der Waals surface area contributed by atoms with Crippen LogP contribution in [-0.4, -0.2) is 29.8 Å². The lowest BCUT2D eigenvalue weighted by Crippen LogP contribution is -2.22. The standard InChI is InChI=1S/C14H18O3.C3H4O2/c1-14(2,3)17-13(15)10-7-11-5-8-12(16-4)9-6-11;1-2-3(4)5/h5-10H,1-4H3;2H,1H2,(H,4,5)/b10-7+;. The number of benzene rings is 1. The third kappa shape index (κ3) is 10.3. The van der Waals surface area contributed by atoms with Crippen LogP contribution in [0.5, 0.6) is 5.75 Å². The Labute approximate surface area is 130 Å². The average molecular weight is 306 g/mol. The van der Waals surface area contributed by atoms with Crippen molar-refractivity contribution in [1.82, 2.24) is 0 Å². The average Bonchev–Trinajstić information content (AvgIpc) is 2.44. The number of carbonyl (C=O) groups is 2. The largest absolute Gasteiger partial charge is 0.497 e. The highest BCUT2D eigenvalue weighted by molar-refractivity contribution is 5.87. The lowest BCUT2D eigenvalue weighted by atomic mass is 10.2. The fourth-order valence-corrected chi connectivity index (χ4v) is 1.22. The van der Waals surface area contributed by atoms with Crippen LogP contribution < -0.4 is 4.74 Å². The van der Waals surface area contributed by atoms with Crippen molar-refractivity contribution < 1.29 is 24.2 Å². The molecule has 5 heteroatoms. The van der Waals surface area contributed by atoms with E-state index in [1.54, 1.807) is 13.2 Å². The van der Waals surface area contributed by atoms with E-state index in [4.69, 9.17) is 14.6 Å². The minimum Gasteiger partial charge on any atom is -0.497 e. The zero-order valence-electron chi connectivity index (χ0n) is 13.3. The van der Waals surface area contributed by atoms with Gasteiger partial charge in [-0.3, -0.25) is 0 Å². The molecule has 0 saturated heterocycles. The van der Waals surface area contributed by atoms with Gasteiger partial charge in [-0.25, -0.2) is 9.59 Å². The molecule has 0 atom stereocenters. The summed E-state index contributed by atoms with van der Waals surface area (Å²) in [7, 11) is 1.62. The number of esters is 1. The molecule has 0 aliphatic rings. The minimum atomic E-state index is -0.981. The molecule has 0 heterocycles. The Hall–Kier alpha value is -2.56. The molecular weight excluding hydrogens is 284 g/mol. The van der Waals surface area contributed by atoms with Crippen LogP contribution in [0.2, 0.25) is 0 Å². The monoisotopic (exact) mass is 306 g/mol. The second-order valence-electron chi connectivity index (χ2n) is 5.18. The molecule has 0 bridgehead atoms. The van der Waals surface area contributed by atoms with E-state index in [0.29, 0.717) is 0 Å². The van der Waals surface area contributed by atoms with Gasteiger partial charge in [-0.2, -0.15) is 0 Å². The highest BCUT2D eigenvalue weighted by Gasteiger charge is 2.13. The van der Waals surface area contributed by atoms with Crippen LogP contribution in [0.1, 0.15) is 26.3 Å². The van der Waals surface area contributed by atoms with Gasteiger partial charge in [0.15, 0.2) is 0 Å². The van der Waals surface area contributed by atoms with E-state index in [0.717, 1.165) is 17.4 Å². The summed E-state index contributed by atoms with van der Waals surface area (Å²) >= 11 is 0. The lowest BCUT2D eigenvalue weighted by molar-refractivity contribution is -0.148. The molecule has 1 N–H and O–H groups in total. The minimum absolute atomic E-state index is 0.340. The molecule has 0 saturated carbocycles. The van der Waals surface area contributed by atoms with Gasteiger partial charge < -0.3 is 14.6 Å². The first-order valence-electron chi connectivity index (χ1n) is 6.58. The zero-order valence-corrected chi connectivity index (χ0v) is 13.3. The van der Waals surface area contributed by atoms with E-state index in [2.05, 4.69) is 6.58 Å². The quantitative estimate of drug-likeness (QED) is 0.682. The van der Waals surface area contributed by atoms with Crippen LogP contribution in [0.3, 0.4) is 0 Å². The van der Waals surface area contributed by atoms with E-state index in [1.165, 1.54) is 6.08 Å². The van der Waals surface area contributed by atoms with E-state index >= 15 is 0 Å². The number of hydrogen-bond acceptors (Lipinski definition) is 4. The van der Waals surface area contributed by atoms with Crippen molar-refractivity contribution in [1.29, 1.82) is 0 Å². The van der Waals surface area contributed by atoms with E-state index < -0.39 is 11.6 Å². The van der Waals surface area contributed by atoms with Gasteiger partial charge in [-0.05, 0) is 44.5 Å². The summed E-state index contributed by atoms with van der Waals surface area (Å²) in [5, 5.41) is 7.60. The van der Waals surface area contributed by atoms with Gasteiger partial charge in [0, 0.05) is 12.2 Å². The second-order valence-corrected chi connectivity index (χ2v) is 5.18. The Morgan fingerprint density at radius 1 is 1.18 bits per heavy atom. The highest BCUT2D eigenvalue weighted by Crippen LogP contribution is 2.13. The molecule has 0 radical (unpaired) electrons. The number of hydrogen-bond donors (Lipinski definition) is 1. The summed E-state index contributed by atoms with van der Waals surface area (Å²) in [5.74, 6) is -0.530. The smallest absolute Gasteiger partial charge is 0.331 e. The van der Waals surface area contributed by atoms with Crippen LogP contribution in [0.15, 0.2) is 43.0 Å². The van der Waals surface area contributed by atoms with Crippen LogP contribution in [0.25, 0.3) is 6.08 Å². The van der Waals surface area contributed by atoms with Gasteiger partial charge in [0.25, 0.3) is 0 Å². The third-order valence-corrected chi connectivity index (χ3v) is 2.11. The van der Waals surface area contributed by atoms with Crippen molar-refractivity contribution in [3.63, 3.8) is 0 Å². The first kappa shape index (κ1) is 19.4. The third-order valence-electron chi connectivity index (χ3n) is 2.11. The summed E-state index contributed by atoms with van der Waals surface area (Å²) in [6.07, 6.45) is 3.97. The maximum absolute atomic E-state index is 11.4. The zero-order chi connectivity index (χ0) is 17.2. The second kappa shape index (κ2) is 9.39. The van der Waals surface area contributed by atoms with Crippen molar-refractivity contribution in [3.05, 3.63) is 48.6 Å². The molecule has 1 aromatic rings. The molecule has 0 amide bonds. The SMILES string of the molecule is C=CC(=O)O.COc1ccc(/C=C/C(=O)OC(C)(C)C)cc1. The van der Waals surface area contributed by atoms with E-state index in [1.807, 2.05) is 45.0 Å². The molecule has 1 aromatic carbocycles. The Kier molecular flexibility index (Phi) is 8.30. The number of carboxylic acid groups (broad SMARTS) is 1. The number of carboxylic acids is 1. The molecular formula is C17H22O5. The maximum atomic E-state index is 11.4. The highest BCUT2D eigenvalue weighted by atomic mass is 16.6. The van der Waals surface area contributed by atoms with Gasteiger partial charge >= 0.3 is 11.9 Å². The van der Waals surface area contributed by atoms with Crippen molar-refractivity contribution in [2.24, 2.45) is 0 Å². The molecule has 0 aliphatic carbocycles. The Bertz CT molecular complexity index is 521.